The van der Waals surface area contributed by atoms with Crippen LogP contribution in [0.3, 0.4) is 0 Å². The van der Waals surface area contributed by atoms with Crippen LogP contribution in [0.2, 0.25) is 0 Å². The maximum atomic E-state index is 12.0. The van der Waals surface area contributed by atoms with Crippen molar-refractivity contribution in [3.05, 3.63) is 17.5 Å². The van der Waals surface area contributed by atoms with Crippen LogP contribution in [0.15, 0.2) is 6.20 Å². The first kappa shape index (κ1) is 10.4. The number of aryl methyl sites for hydroxylation is 1. The van der Waals surface area contributed by atoms with E-state index in [-0.39, 0.29) is 11.7 Å². The Labute approximate surface area is 90.5 Å². The number of Topliss-reactive ketones (excluding diaryl/α,β-unsaturated/α-hetero) is 1. The molecule has 2 rings (SSSR count). The molecule has 0 atom stereocenters. The van der Waals surface area contributed by atoms with Crippen molar-refractivity contribution in [2.75, 3.05) is 0 Å². The maximum Gasteiger partial charge on any atom is 0.168 e. The minimum absolute atomic E-state index is 0.0667. The van der Waals surface area contributed by atoms with Crippen molar-refractivity contribution in [1.82, 2.24) is 9.78 Å². The summed E-state index contributed by atoms with van der Waals surface area (Å²) >= 11 is 0. The number of carbonyl (C=O) groups is 1. The quantitative estimate of drug-likeness (QED) is 0.710. The minimum atomic E-state index is 0.0667. The average molecular weight is 206 g/mol. The Morgan fingerprint density at radius 1 is 1.60 bits per heavy atom. The summed E-state index contributed by atoms with van der Waals surface area (Å²) in [6, 6.07) is 0. The summed E-state index contributed by atoms with van der Waals surface area (Å²) in [7, 11) is 0. The summed E-state index contributed by atoms with van der Waals surface area (Å²) in [4.78, 5) is 12.0. The van der Waals surface area contributed by atoms with E-state index in [4.69, 9.17) is 0 Å². The molecular formula is C12H18N2O. The maximum absolute atomic E-state index is 12.0. The molecule has 1 aliphatic carbocycles. The van der Waals surface area contributed by atoms with E-state index in [1.165, 1.54) is 12.8 Å². The van der Waals surface area contributed by atoms with Crippen molar-refractivity contribution in [2.45, 2.75) is 46.1 Å². The largest absolute Gasteiger partial charge is 0.294 e. The van der Waals surface area contributed by atoms with Gasteiger partial charge in [-0.1, -0.05) is 13.8 Å². The summed E-state index contributed by atoms with van der Waals surface area (Å²) in [6.45, 7) is 6.78. The zero-order valence-electron chi connectivity index (χ0n) is 9.66. The first-order valence-corrected chi connectivity index (χ1v) is 5.75. The lowest BCUT2D eigenvalue weighted by Crippen LogP contribution is -2.08. The smallest absolute Gasteiger partial charge is 0.168 e. The Kier molecular flexibility index (Phi) is 2.63. The highest BCUT2D eigenvalue weighted by Crippen LogP contribution is 2.41. The molecule has 0 spiro atoms. The van der Waals surface area contributed by atoms with Crippen molar-refractivity contribution >= 4 is 5.78 Å². The van der Waals surface area contributed by atoms with Crippen molar-refractivity contribution < 1.29 is 4.79 Å². The molecule has 1 heterocycles. The predicted octanol–water partition coefficient (Wildman–Crippen LogP) is 2.62. The third kappa shape index (κ3) is 1.96. The van der Waals surface area contributed by atoms with Gasteiger partial charge in [-0.3, -0.25) is 9.48 Å². The van der Waals surface area contributed by atoms with Gasteiger partial charge in [-0.25, -0.2) is 0 Å². The van der Waals surface area contributed by atoms with E-state index in [0.717, 1.165) is 17.8 Å². The summed E-state index contributed by atoms with van der Waals surface area (Å²) in [5.74, 6) is 0.851. The predicted molar refractivity (Wildman–Crippen MR) is 59.0 cm³/mol. The van der Waals surface area contributed by atoms with E-state index in [0.29, 0.717) is 5.92 Å². The summed E-state index contributed by atoms with van der Waals surface area (Å²) in [5.41, 5.74) is 1.89. The van der Waals surface area contributed by atoms with E-state index in [9.17, 15) is 4.79 Å². The van der Waals surface area contributed by atoms with Crippen LogP contribution in [0, 0.1) is 5.92 Å². The Hall–Kier alpha value is -1.12. The molecule has 3 nitrogen and oxygen atoms in total. The average Bonchev–Trinajstić information content (AvgIpc) is 2.97. The van der Waals surface area contributed by atoms with Gasteiger partial charge in [0, 0.05) is 24.6 Å². The monoisotopic (exact) mass is 206 g/mol. The Morgan fingerprint density at radius 3 is 2.73 bits per heavy atom. The van der Waals surface area contributed by atoms with Crippen molar-refractivity contribution in [3.8, 4) is 0 Å². The van der Waals surface area contributed by atoms with E-state index < -0.39 is 0 Å². The Morgan fingerprint density at radius 2 is 2.27 bits per heavy atom. The molecule has 0 aliphatic heterocycles. The first-order valence-electron chi connectivity index (χ1n) is 5.75. The molecule has 15 heavy (non-hydrogen) atoms. The highest BCUT2D eigenvalue weighted by molar-refractivity contribution is 5.98. The molecule has 0 unspecified atom stereocenters. The zero-order valence-corrected chi connectivity index (χ0v) is 9.66. The van der Waals surface area contributed by atoms with Crippen LogP contribution in [0.1, 0.15) is 55.6 Å². The van der Waals surface area contributed by atoms with Gasteiger partial charge in [0.15, 0.2) is 5.78 Å². The van der Waals surface area contributed by atoms with Gasteiger partial charge in [0.1, 0.15) is 0 Å². The molecule has 82 valence electrons. The van der Waals surface area contributed by atoms with Crippen molar-refractivity contribution in [3.63, 3.8) is 0 Å². The normalized spacial score (nSPS) is 16.0. The highest BCUT2D eigenvalue weighted by atomic mass is 16.1. The molecule has 1 fully saturated rings. The molecule has 1 saturated carbocycles. The van der Waals surface area contributed by atoms with E-state index in [1.807, 2.05) is 31.6 Å². The third-order valence-electron chi connectivity index (χ3n) is 2.87. The van der Waals surface area contributed by atoms with Crippen LogP contribution in [0.4, 0.5) is 0 Å². The number of rotatable bonds is 4. The van der Waals surface area contributed by atoms with E-state index in [2.05, 4.69) is 5.10 Å². The number of hydrogen-bond donors (Lipinski definition) is 0. The number of nitrogens with zero attached hydrogens (tertiary/aromatic N) is 2. The second kappa shape index (κ2) is 3.80. The van der Waals surface area contributed by atoms with Gasteiger partial charge in [0.25, 0.3) is 0 Å². The number of aromatic nitrogens is 2. The lowest BCUT2D eigenvalue weighted by Gasteiger charge is -2.02. The van der Waals surface area contributed by atoms with Gasteiger partial charge >= 0.3 is 0 Å². The second-order valence-electron chi connectivity index (χ2n) is 4.58. The SMILES string of the molecule is CCn1cc(C(=O)C(C)C)c(C2CC2)n1. The van der Waals surface area contributed by atoms with Gasteiger partial charge in [-0.15, -0.1) is 0 Å². The van der Waals surface area contributed by atoms with E-state index >= 15 is 0 Å². The Balaban J connectivity index is 2.35. The lowest BCUT2D eigenvalue weighted by molar-refractivity contribution is 0.0938. The standard InChI is InChI=1S/C12H18N2O/c1-4-14-7-10(12(15)8(2)3)11(13-14)9-5-6-9/h7-9H,4-6H2,1-3H3. The summed E-state index contributed by atoms with van der Waals surface area (Å²) < 4.78 is 1.88. The van der Waals surface area contributed by atoms with Gasteiger partial charge in [-0.2, -0.15) is 5.10 Å². The van der Waals surface area contributed by atoms with Crippen LogP contribution < -0.4 is 0 Å². The molecule has 1 aliphatic rings. The van der Waals surface area contributed by atoms with Crippen LogP contribution in [-0.2, 0) is 6.54 Å². The van der Waals surface area contributed by atoms with Crippen molar-refractivity contribution in [1.29, 1.82) is 0 Å². The molecular weight excluding hydrogens is 188 g/mol. The second-order valence-corrected chi connectivity index (χ2v) is 4.58. The van der Waals surface area contributed by atoms with Crippen LogP contribution in [0.25, 0.3) is 0 Å². The molecule has 0 radical (unpaired) electrons. The molecule has 1 aromatic rings. The third-order valence-corrected chi connectivity index (χ3v) is 2.87. The van der Waals surface area contributed by atoms with Crippen LogP contribution >= 0.6 is 0 Å². The topological polar surface area (TPSA) is 34.9 Å². The number of carbonyl (C=O) groups excluding carboxylic acids is 1. The zero-order chi connectivity index (χ0) is 11.0. The molecule has 0 aromatic carbocycles. The summed E-state index contributed by atoms with van der Waals surface area (Å²) in [6.07, 6.45) is 4.30. The van der Waals surface area contributed by atoms with Gasteiger partial charge < -0.3 is 0 Å². The molecule has 0 amide bonds. The summed E-state index contributed by atoms with van der Waals surface area (Å²) in [5, 5.41) is 4.49. The minimum Gasteiger partial charge on any atom is -0.294 e. The van der Waals surface area contributed by atoms with Gasteiger partial charge in [0.05, 0.1) is 11.3 Å². The highest BCUT2D eigenvalue weighted by Gasteiger charge is 2.31. The van der Waals surface area contributed by atoms with E-state index in [1.54, 1.807) is 0 Å². The number of ketones is 1. The Bertz CT molecular complexity index is 375. The van der Waals surface area contributed by atoms with Crippen LogP contribution in [-0.4, -0.2) is 15.6 Å². The van der Waals surface area contributed by atoms with Crippen LogP contribution in [0.5, 0.6) is 0 Å². The molecule has 0 N–H and O–H groups in total. The fourth-order valence-electron chi connectivity index (χ4n) is 1.76. The molecule has 0 saturated heterocycles. The fraction of sp³-hybridized carbons (Fsp3) is 0.667. The van der Waals surface area contributed by atoms with Gasteiger partial charge in [-0.05, 0) is 19.8 Å². The molecule has 0 bridgehead atoms. The lowest BCUT2D eigenvalue weighted by atomic mass is 10.0. The first-order chi connectivity index (χ1) is 7.13. The molecule has 3 heteroatoms. The van der Waals surface area contributed by atoms with Crippen molar-refractivity contribution in [2.24, 2.45) is 5.92 Å². The number of hydrogen-bond acceptors (Lipinski definition) is 2. The molecule has 1 aromatic heterocycles. The fourth-order valence-corrected chi connectivity index (χ4v) is 1.76. The van der Waals surface area contributed by atoms with Gasteiger partial charge in [0.2, 0.25) is 0 Å².